The Bertz CT molecular complexity index is 1680. The van der Waals surface area contributed by atoms with Crippen molar-refractivity contribution in [3.8, 4) is 5.75 Å². The van der Waals surface area contributed by atoms with Crippen LogP contribution in [0.5, 0.6) is 5.75 Å². The van der Waals surface area contributed by atoms with E-state index in [-0.39, 0.29) is 65.1 Å². The Morgan fingerprint density at radius 1 is 1.14 bits per heavy atom. The molecule has 4 atom stereocenters. The summed E-state index contributed by atoms with van der Waals surface area (Å²) < 4.78 is 60.1. The average Bonchev–Trinajstić information content (AvgIpc) is 3.41. The van der Waals surface area contributed by atoms with Gasteiger partial charge in [-0.1, -0.05) is 12.1 Å². The molecule has 13 nitrogen and oxygen atoms in total. The number of fused-ring (bicyclic) bond motifs is 1. The third-order valence-electron chi connectivity index (χ3n) is 8.44. The summed E-state index contributed by atoms with van der Waals surface area (Å²) in [5, 5.41) is 16.7. The van der Waals surface area contributed by atoms with Crippen molar-refractivity contribution in [2.24, 2.45) is 5.92 Å². The first-order valence-corrected chi connectivity index (χ1v) is 17.8. The molecule has 0 radical (unpaired) electrons. The van der Waals surface area contributed by atoms with Gasteiger partial charge in [0.25, 0.3) is 15.9 Å². The van der Waals surface area contributed by atoms with Gasteiger partial charge in [-0.05, 0) is 89.4 Å². The van der Waals surface area contributed by atoms with E-state index in [1.807, 2.05) is 13.8 Å². The molecule has 0 fully saturated rings. The Kier molecular flexibility index (Phi) is 12.6. The van der Waals surface area contributed by atoms with Crippen molar-refractivity contribution in [2.75, 3.05) is 43.4 Å². The molecule has 1 aromatic heterocycles. The minimum Gasteiger partial charge on any atom is -0.490 e. The van der Waals surface area contributed by atoms with Crippen LogP contribution in [-0.2, 0) is 14.8 Å². The van der Waals surface area contributed by atoms with Gasteiger partial charge in [-0.3, -0.25) is 9.52 Å². The van der Waals surface area contributed by atoms with E-state index in [1.54, 1.807) is 20.0 Å². The number of aliphatic hydroxyl groups excluding tert-OH is 1. The molecule has 0 spiro atoms. The summed E-state index contributed by atoms with van der Waals surface area (Å²) in [6, 6.07) is 8.92. The number of nitrogens with zero attached hydrogens (tertiary/aromatic N) is 3. The Labute approximate surface area is 286 Å². The lowest BCUT2D eigenvalue weighted by Crippen LogP contribution is -2.48. The SMILES string of the molecule is Cc1noc(C)c1S(=O)(=O)Nc1ccc2c(c1)C(=O)N([C@@H](C)CO)C[C@@H](C)[C@H](CN(C)C(=O)Nc1ccc(F)cc1)OCCCC[C@H](C)O2. The Balaban J connectivity index is 1.63. The second-order valence-corrected chi connectivity index (χ2v) is 14.2. The molecular formula is C34H46FN5O8S. The van der Waals surface area contributed by atoms with Gasteiger partial charge in [0.15, 0.2) is 10.7 Å². The van der Waals surface area contributed by atoms with E-state index in [1.165, 1.54) is 60.0 Å². The summed E-state index contributed by atoms with van der Waals surface area (Å²) in [5.41, 5.74) is 0.881. The summed E-state index contributed by atoms with van der Waals surface area (Å²) in [5.74, 6) is -0.798. The largest absolute Gasteiger partial charge is 0.490 e. The van der Waals surface area contributed by atoms with Crippen LogP contribution in [0.15, 0.2) is 51.9 Å². The Morgan fingerprint density at radius 3 is 2.49 bits per heavy atom. The van der Waals surface area contributed by atoms with Crippen molar-refractivity contribution in [1.82, 2.24) is 15.0 Å². The lowest BCUT2D eigenvalue weighted by Gasteiger charge is -2.35. The predicted molar refractivity (Wildman–Crippen MR) is 182 cm³/mol. The maximum atomic E-state index is 14.4. The lowest BCUT2D eigenvalue weighted by atomic mass is 10.0. The van der Waals surface area contributed by atoms with Crippen molar-refractivity contribution in [3.63, 3.8) is 0 Å². The maximum Gasteiger partial charge on any atom is 0.321 e. The molecule has 0 saturated carbocycles. The van der Waals surface area contributed by atoms with Crippen LogP contribution in [0.3, 0.4) is 0 Å². The summed E-state index contributed by atoms with van der Waals surface area (Å²) in [7, 11) is -2.48. The summed E-state index contributed by atoms with van der Waals surface area (Å²) in [4.78, 5) is 30.3. The first kappa shape index (κ1) is 37.6. The summed E-state index contributed by atoms with van der Waals surface area (Å²) >= 11 is 0. The van der Waals surface area contributed by atoms with E-state index in [0.29, 0.717) is 18.7 Å². The first-order chi connectivity index (χ1) is 23.2. The molecule has 0 bridgehead atoms. The van der Waals surface area contributed by atoms with Crippen LogP contribution in [0.2, 0.25) is 0 Å². The fourth-order valence-electron chi connectivity index (χ4n) is 5.62. The number of carbonyl (C=O) groups is 2. The topological polar surface area (TPSA) is 164 Å². The van der Waals surface area contributed by atoms with Crippen LogP contribution in [0.1, 0.15) is 61.8 Å². The number of halogens is 1. The highest BCUT2D eigenvalue weighted by atomic mass is 32.2. The number of nitrogens with one attached hydrogen (secondary N) is 2. The molecule has 3 N–H and O–H groups in total. The number of hydrogen-bond donors (Lipinski definition) is 3. The minimum atomic E-state index is -4.11. The minimum absolute atomic E-state index is 0.0875. The van der Waals surface area contributed by atoms with Crippen molar-refractivity contribution in [2.45, 2.75) is 77.0 Å². The van der Waals surface area contributed by atoms with E-state index in [0.717, 1.165) is 12.8 Å². The highest BCUT2D eigenvalue weighted by Gasteiger charge is 2.32. The normalized spacial score (nSPS) is 20.0. The van der Waals surface area contributed by atoms with Crippen molar-refractivity contribution in [1.29, 1.82) is 0 Å². The molecule has 1 aliphatic rings. The number of likely N-dealkylation sites (N-methyl/N-ethyl adjacent to an activating group) is 1. The van der Waals surface area contributed by atoms with Gasteiger partial charge in [0.05, 0.1) is 30.4 Å². The van der Waals surface area contributed by atoms with Crippen molar-refractivity contribution >= 4 is 33.3 Å². The number of amides is 3. The second kappa shape index (κ2) is 16.5. The van der Waals surface area contributed by atoms with Crippen molar-refractivity contribution in [3.05, 3.63) is 65.3 Å². The Morgan fingerprint density at radius 2 is 1.84 bits per heavy atom. The molecule has 0 unspecified atom stereocenters. The Hall–Kier alpha value is -4.21. The number of hydrogen-bond acceptors (Lipinski definition) is 9. The molecule has 268 valence electrons. The van der Waals surface area contributed by atoms with Gasteiger partial charge >= 0.3 is 6.03 Å². The predicted octanol–water partition coefficient (Wildman–Crippen LogP) is 5.19. The van der Waals surface area contributed by atoms with Crippen LogP contribution in [0.25, 0.3) is 0 Å². The molecule has 3 amide bonds. The number of benzene rings is 2. The summed E-state index contributed by atoms with van der Waals surface area (Å²) in [6.45, 7) is 8.94. The van der Waals surface area contributed by atoms with Gasteiger partial charge < -0.3 is 34.2 Å². The molecule has 2 heterocycles. The van der Waals surface area contributed by atoms with Crippen LogP contribution >= 0.6 is 0 Å². The standard InChI is InChI=1S/C34H46FN5O8S/c1-21-18-40(22(2)20-41)33(42)29-17-28(38-49(44,45)32-24(4)37-48-25(32)5)14-15-30(29)47-23(3)9-7-8-16-46-31(21)19-39(6)34(43)36-27-12-10-26(35)11-13-27/h10-15,17,21-23,31,38,41H,7-9,16,18-20H2,1-6H3,(H,36,43)/t21-,22+,23+,31+/m1/s1. The monoisotopic (exact) mass is 703 g/mol. The highest BCUT2D eigenvalue weighted by molar-refractivity contribution is 7.92. The zero-order valence-electron chi connectivity index (χ0n) is 28.7. The molecule has 0 saturated heterocycles. The molecule has 2 aromatic carbocycles. The van der Waals surface area contributed by atoms with Gasteiger partial charge in [0, 0.05) is 44.0 Å². The summed E-state index contributed by atoms with van der Waals surface area (Å²) in [6.07, 6.45) is 1.39. The molecule has 15 heteroatoms. The number of sulfonamides is 1. The number of anilines is 2. The fraction of sp³-hybridized carbons (Fsp3) is 0.500. The van der Waals surface area contributed by atoms with Gasteiger partial charge in [0.1, 0.15) is 17.3 Å². The lowest BCUT2D eigenvalue weighted by molar-refractivity contribution is -0.0115. The quantitative estimate of drug-likeness (QED) is 0.287. The van der Waals surface area contributed by atoms with Crippen LogP contribution < -0.4 is 14.8 Å². The van der Waals surface area contributed by atoms with E-state index in [2.05, 4.69) is 15.2 Å². The molecule has 1 aliphatic heterocycles. The number of aliphatic hydroxyl groups is 1. The fourth-order valence-corrected chi connectivity index (χ4v) is 7.00. The van der Waals surface area contributed by atoms with Gasteiger partial charge in [0.2, 0.25) is 0 Å². The van der Waals surface area contributed by atoms with Crippen molar-refractivity contribution < 1.29 is 41.5 Å². The third-order valence-corrected chi connectivity index (χ3v) is 10.1. The molecule has 0 aliphatic carbocycles. The number of rotatable bonds is 8. The maximum absolute atomic E-state index is 14.4. The number of carbonyl (C=O) groups excluding carboxylic acids is 2. The van der Waals surface area contributed by atoms with E-state index < -0.39 is 39.9 Å². The highest BCUT2D eigenvalue weighted by Crippen LogP contribution is 2.30. The third kappa shape index (κ3) is 9.70. The molecule has 49 heavy (non-hydrogen) atoms. The van der Waals surface area contributed by atoms with Crippen LogP contribution in [-0.4, -0.2) is 92.0 Å². The number of aryl methyl sites for hydroxylation is 2. The zero-order chi connectivity index (χ0) is 35.9. The number of aromatic nitrogens is 1. The van der Waals surface area contributed by atoms with E-state index in [9.17, 15) is 27.5 Å². The van der Waals surface area contributed by atoms with E-state index >= 15 is 0 Å². The molecule has 3 aromatic rings. The molecular weight excluding hydrogens is 657 g/mol. The number of urea groups is 1. The smallest absolute Gasteiger partial charge is 0.321 e. The first-order valence-electron chi connectivity index (χ1n) is 16.3. The van der Waals surface area contributed by atoms with Gasteiger partial charge in [-0.15, -0.1) is 0 Å². The second-order valence-electron chi connectivity index (χ2n) is 12.6. The zero-order valence-corrected chi connectivity index (χ0v) is 29.5. The van der Waals surface area contributed by atoms with E-state index in [4.69, 9.17) is 14.0 Å². The van der Waals surface area contributed by atoms with Gasteiger partial charge in [-0.25, -0.2) is 17.6 Å². The number of ether oxygens (including phenoxy) is 2. The van der Waals surface area contributed by atoms with Crippen LogP contribution in [0, 0.1) is 25.6 Å². The van der Waals surface area contributed by atoms with Crippen LogP contribution in [0.4, 0.5) is 20.6 Å². The molecule has 4 rings (SSSR count). The average molecular weight is 704 g/mol. The van der Waals surface area contributed by atoms with Gasteiger partial charge in [-0.2, -0.15) is 0 Å².